The molecule has 2 aromatic carbocycles. The summed E-state index contributed by atoms with van der Waals surface area (Å²) in [4.78, 5) is 25.5. The fraction of sp³-hybridized carbons (Fsp3) is 0.304. The summed E-state index contributed by atoms with van der Waals surface area (Å²) in [5.74, 6) is 0. The summed E-state index contributed by atoms with van der Waals surface area (Å²) < 4.78 is 133. The lowest BCUT2D eigenvalue weighted by Crippen LogP contribution is -2.41. The third-order valence-corrected chi connectivity index (χ3v) is 5.28. The van der Waals surface area contributed by atoms with Crippen LogP contribution in [0.2, 0.25) is 0 Å². The number of hydrogen-bond donors (Lipinski definition) is 0. The maximum atomic E-state index is 13.2. The molecule has 0 unspecified atom stereocenters. The van der Waals surface area contributed by atoms with Gasteiger partial charge >= 0.3 is 24.2 Å². The highest BCUT2D eigenvalue weighted by Gasteiger charge is 2.37. The molecule has 3 aromatic rings. The van der Waals surface area contributed by atoms with E-state index in [1.807, 2.05) is 0 Å². The summed E-state index contributed by atoms with van der Waals surface area (Å²) in [6, 6.07) is 2.87. The second kappa shape index (κ2) is 9.71. The molecule has 37 heavy (non-hydrogen) atoms. The standard InChI is InChI=1S/C23H16F10N2O2/c1-12-9-34(10-15-5-17(22(28,29)30)7-18(6-15)23(31,32)33)20(37)35(19(12)36)11-14-2-13(8-24)3-16(4-14)21(25,26)27/h2-7,9H,8,10-11H2,1H3. The third kappa shape index (κ3) is 6.41. The minimum absolute atomic E-state index is 0.0887. The van der Waals surface area contributed by atoms with Gasteiger partial charge in [0.25, 0.3) is 5.56 Å². The monoisotopic (exact) mass is 542 g/mol. The molecule has 0 N–H and O–H groups in total. The van der Waals surface area contributed by atoms with Crippen LogP contribution in [0.15, 0.2) is 52.2 Å². The highest BCUT2D eigenvalue weighted by atomic mass is 19.4. The number of halogens is 10. The summed E-state index contributed by atoms with van der Waals surface area (Å²) in [6.45, 7) is -1.65. The topological polar surface area (TPSA) is 44.0 Å². The Bertz CT molecular complexity index is 1400. The Kier molecular flexibility index (Phi) is 7.35. The van der Waals surface area contributed by atoms with Crippen molar-refractivity contribution in [3.63, 3.8) is 0 Å². The van der Waals surface area contributed by atoms with Crippen molar-refractivity contribution in [3.05, 3.63) is 102 Å². The van der Waals surface area contributed by atoms with Gasteiger partial charge < -0.3 is 0 Å². The van der Waals surface area contributed by atoms with Crippen LogP contribution in [0.3, 0.4) is 0 Å². The first-order valence-electron chi connectivity index (χ1n) is 10.3. The van der Waals surface area contributed by atoms with Gasteiger partial charge in [0.1, 0.15) is 6.67 Å². The van der Waals surface area contributed by atoms with E-state index in [4.69, 9.17) is 0 Å². The highest BCUT2D eigenvalue weighted by Crippen LogP contribution is 2.36. The number of aromatic nitrogens is 2. The Morgan fingerprint density at radius 3 is 1.54 bits per heavy atom. The Morgan fingerprint density at radius 2 is 1.08 bits per heavy atom. The molecule has 1 aromatic heterocycles. The molecule has 4 nitrogen and oxygen atoms in total. The molecule has 0 aliphatic rings. The molecular weight excluding hydrogens is 526 g/mol. The zero-order chi connectivity index (χ0) is 27.9. The second-order valence-corrected chi connectivity index (χ2v) is 8.20. The van der Waals surface area contributed by atoms with Crippen LogP contribution in [0.4, 0.5) is 43.9 Å². The summed E-state index contributed by atoms with van der Waals surface area (Å²) in [5.41, 5.74) is -8.00. The summed E-state index contributed by atoms with van der Waals surface area (Å²) in [7, 11) is 0. The van der Waals surface area contributed by atoms with E-state index in [1.165, 1.54) is 6.92 Å². The van der Waals surface area contributed by atoms with Crippen LogP contribution in [0.5, 0.6) is 0 Å². The quantitative estimate of drug-likeness (QED) is 0.375. The van der Waals surface area contributed by atoms with Crippen LogP contribution in [-0.2, 0) is 38.3 Å². The van der Waals surface area contributed by atoms with Crippen LogP contribution in [-0.4, -0.2) is 9.13 Å². The minimum Gasteiger partial charge on any atom is -0.296 e. The summed E-state index contributed by atoms with van der Waals surface area (Å²) in [6.07, 6.45) is -14.2. The molecular formula is C23H16F10N2O2. The van der Waals surface area contributed by atoms with Crippen LogP contribution < -0.4 is 11.2 Å². The van der Waals surface area contributed by atoms with Crippen molar-refractivity contribution in [2.24, 2.45) is 0 Å². The first-order chi connectivity index (χ1) is 16.9. The van der Waals surface area contributed by atoms with Crippen molar-refractivity contribution in [3.8, 4) is 0 Å². The molecule has 0 spiro atoms. The van der Waals surface area contributed by atoms with Crippen LogP contribution >= 0.6 is 0 Å². The van der Waals surface area contributed by atoms with Crippen molar-refractivity contribution in [2.75, 3.05) is 0 Å². The van der Waals surface area contributed by atoms with Crippen molar-refractivity contribution < 1.29 is 43.9 Å². The number of nitrogens with zero attached hydrogens (tertiary/aromatic N) is 2. The Morgan fingerprint density at radius 1 is 0.649 bits per heavy atom. The predicted octanol–water partition coefficient (Wildman–Crippen LogP) is 5.94. The molecule has 0 radical (unpaired) electrons. The molecule has 0 saturated carbocycles. The molecule has 0 aliphatic carbocycles. The van der Waals surface area contributed by atoms with E-state index in [2.05, 4.69) is 0 Å². The summed E-state index contributed by atoms with van der Waals surface area (Å²) >= 11 is 0. The van der Waals surface area contributed by atoms with Crippen molar-refractivity contribution >= 4 is 0 Å². The fourth-order valence-corrected chi connectivity index (χ4v) is 3.64. The Hall–Kier alpha value is -3.58. The van der Waals surface area contributed by atoms with Gasteiger partial charge in [-0.1, -0.05) is 6.07 Å². The zero-order valence-electron chi connectivity index (χ0n) is 18.7. The average Bonchev–Trinajstić information content (AvgIpc) is 2.78. The molecule has 0 aliphatic heterocycles. The zero-order valence-corrected chi connectivity index (χ0v) is 18.7. The summed E-state index contributed by atoms with van der Waals surface area (Å²) in [5, 5.41) is 0. The van der Waals surface area contributed by atoms with Gasteiger partial charge in [-0.2, -0.15) is 39.5 Å². The van der Waals surface area contributed by atoms with E-state index in [0.717, 1.165) is 12.3 Å². The largest absolute Gasteiger partial charge is 0.416 e. The first kappa shape index (κ1) is 28.0. The normalized spacial score (nSPS) is 12.7. The SMILES string of the molecule is Cc1cn(Cc2cc(C(F)(F)F)cc(C(F)(F)F)c2)c(=O)n(Cc2cc(CF)cc(C(F)(F)F)c2)c1=O. The molecule has 200 valence electrons. The Balaban J connectivity index is 2.11. The Labute approximate surface area is 201 Å². The molecule has 14 heteroatoms. The van der Waals surface area contributed by atoms with Crippen molar-refractivity contribution in [1.29, 1.82) is 0 Å². The lowest BCUT2D eigenvalue weighted by atomic mass is 10.0. The van der Waals surface area contributed by atoms with E-state index >= 15 is 0 Å². The molecule has 0 fully saturated rings. The van der Waals surface area contributed by atoms with Crippen LogP contribution in [0.25, 0.3) is 0 Å². The fourth-order valence-electron chi connectivity index (χ4n) is 3.64. The molecule has 0 amide bonds. The van der Waals surface area contributed by atoms with Gasteiger partial charge in [-0.05, 0) is 53.9 Å². The van der Waals surface area contributed by atoms with Crippen molar-refractivity contribution in [1.82, 2.24) is 9.13 Å². The van der Waals surface area contributed by atoms with Gasteiger partial charge in [-0.25, -0.2) is 9.18 Å². The van der Waals surface area contributed by atoms with E-state index < -0.39 is 71.8 Å². The van der Waals surface area contributed by atoms with Gasteiger partial charge in [0.2, 0.25) is 0 Å². The van der Waals surface area contributed by atoms with Crippen LogP contribution in [0, 0.1) is 6.92 Å². The maximum Gasteiger partial charge on any atom is 0.416 e. The number of hydrogen-bond acceptors (Lipinski definition) is 2. The van der Waals surface area contributed by atoms with Gasteiger partial charge in [0.15, 0.2) is 0 Å². The molecule has 0 bridgehead atoms. The first-order valence-corrected chi connectivity index (χ1v) is 10.3. The lowest BCUT2D eigenvalue weighted by molar-refractivity contribution is -0.143. The van der Waals surface area contributed by atoms with Gasteiger partial charge in [0, 0.05) is 11.8 Å². The van der Waals surface area contributed by atoms with Gasteiger partial charge in [0.05, 0.1) is 29.8 Å². The highest BCUT2D eigenvalue weighted by molar-refractivity contribution is 5.34. The number of aryl methyl sites for hydroxylation is 1. The molecule has 0 atom stereocenters. The van der Waals surface area contributed by atoms with E-state index in [0.29, 0.717) is 33.4 Å². The van der Waals surface area contributed by atoms with Crippen LogP contribution in [0.1, 0.15) is 38.9 Å². The number of alkyl halides is 10. The smallest absolute Gasteiger partial charge is 0.296 e. The maximum absolute atomic E-state index is 13.2. The van der Waals surface area contributed by atoms with E-state index in [1.54, 1.807) is 0 Å². The molecule has 0 saturated heterocycles. The average molecular weight is 542 g/mol. The third-order valence-electron chi connectivity index (χ3n) is 5.28. The van der Waals surface area contributed by atoms with Crippen molar-refractivity contribution in [2.45, 2.75) is 45.2 Å². The van der Waals surface area contributed by atoms with Gasteiger partial charge in [-0.3, -0.25) is 13.9 Å². The van der Waals surface area contributed by atoms with Gasteiger partial charge in [-0.15, -0.1) is 0 Å². The van der Waals surface area contributed by atoms with E-state index in [-0.39, 0.29) is 22.8 Å². The molecule has 1 heterocycles. The lowest BCUT2D eigenvalue weighted by Gasteiger charge is -2.16. The van der Waals surface area contributed by atoms with E-state index in [9.17, 15) is 53.5 Å². The second-order valence-electron chi connectivity index (χ2n) is 8.20. The minimum atomic E-state index is -5.13. The predicted molar refractivity (Wildman–Crippen MR) is 111 cm³/mol. The number of benzene rings is 2. The molecule has 3 rings (SSSR count). The number of rotatable bonds is 5.